The number of aryl methyl sites for hydroxylation is 1. The monoisotopic (exact) mass is 680 g/mol. The summed E-state index contributed by atoms with van der Waals surface area (Å²) >= 11 is 0. The molecule has 4 rings (SSSR count). The zero-order valence-electron chi connectivity index (χ0n) is 26.3. The number of carbonyl (C=O) groups excluding carboxylic acids is 2. The normalized spacial score (nSPS) is 16.8. The minimum atomic E-state index is -4.71. The Hall–Kier alpha value is -4.67. The summed E-state index contributed by atoms with van der Waals surface area (Å²) in [5.74, 6) is -2.32. The summed E-state index contributed by atoms with van der Waals surface area (Å²) in [6, 6.07) is 12.6. The van der Waals surface area contributed by atoms with Gasteiger partial charge in [-0.05, 0) is 70.9 Å². The second-order valence-corrected chi connectivity index (χ2v) is 13.8. The highest BCUT2D eigenvalue weighted by Gasteiger charge is 2.36. The molecule has 1 aromatic heterocycles. The van der Waals surface area contributed by atoms with Gasteiger partial charge < -0.3 is 9.94 Å². The maximum absolute atomic E-state index is 13.5. The van der Waals surface area contributed by atoms with Crippen LogP contribution in [0.5, 0.6) is 0 Å². The van der Waals surface area contributed by atoms with E-state index in [0.717, 1.165) is 33.5 Å². The number of hydrogen-bond donors (Lipinski definition) is 1. The van der Waals surface area contributed by atoms with Crippen molar-refractivity contribution in [3.8, 4) is 16.9 Å². The SMILES string of the molecule is Cc1ccc(-c2cc(C(F)(F)F)nn2-c2ccc(S(=O)(=O)NC(=O)C3CCCN(/[N+]([O-])=N/OC(C)OC(=O)C(C)(C)C)C3)cc2)cc1. The Bertz CT molecular complexity index is 1730. The molecule has 0 radical (unpaired) electrons. The third kappa shape index (κ3) is 8.78. The van der Waals surface area contributed by atoms with Gasteiger partial charge in [0.1, 0.15) is 0 Å². The van der Waals surface area contributed by atoms with Crippen LogP contribution in [0.4, 0.5) is 13.2 Å². The first-order valence-corrected chi connectivity index (χ1v) is 16.0. The van der Waals surface area contributed by atoms with Crippen molar-refractivity contribution in [1.29, 1.82) is 0 Å². The molecular formula is C30H35F3N6O7S. The molecule has 0 saturated carbocycles. The highest BCUT2D eigenvalue weighted by molar-refractivity contribution is 7.90. The zero-order valence-corrected chi connectivity index (χ0v) is 27.1. The predicted octanol–water partition coefficient (Wildman–Crippen LogP) is 5.13. The van der Waals surface area contributed by atoms with E-state index in [0.29, 0.717) is 12.0 Å². The molecular weight excluding hydrogens is 645 g/mol. The van der Waals surface area contributed by atoms with Gasteiger partial charge in [-0.15, -0.1) is 5.01 Å². The first-order chi connectivity index (χ1) is 21.8. The van der Waals surface area contributed by atoms with Crippen molar-refractivity contribution >= 4 is 21.9 Å². The number of nitrogens with one attached hydrogen (secondary N) is 1. The van der Waals surface area contributed by atoms with E-state index < -0.39 is 51.4 Å². The smallest absolute Gasteiger partial charge is 0.435 e. The average Bonchev–Trinajstić information content (AvgIpc) is 3.46. The third-order valence-corrected chi connectivity index (χ3v) is 8.50. The number of hydrogen-bond acceptors (Lipinski definition) is 9. The molecule has 3 aromatic rings. The van der Waals surface area contributed by atoms with Crippen LogP contribution < -0.4 is 4.72 Å². The summed E-state index contributed by atoms with van der Waals surface area (Å²) in [7, 11) is -4.39. The number of alkyl halides is 3. The molecule has 1 aliphatic rings. The zero-order chi connectivity index (χ0) is 34.7. The van der Waals surface area contributed by atoms with Gasteiger partial charge in [-0.1, -0.05) is 29.8 Å². The van der Waals surface area contributed by atoms with Crippen LogP contribution in [0, 0.1) is 23.5 Å². The molecule has 2 unspecified atom stereocenters. The van der Waals surface area contributed by atoms with Gasteiger partial charge in [0, 0.05) is 12.5 Å². The van der Waals surface area contributed by atoms with Gasteiger partial charge in [0.25, 0.3) is 16.3 Å². The van der Waals surface area contributed by atoms with E-state index >= 15 is 0 Å². The molecule has 1 aliphatic heterocycles. The third-order valence-electron chi connectivity index (χ3n) is 7.14. The fourth-order valence-electron chi connectivity index (χ4n) is 4.52. The van der Waals surface area contributed by atoms with Crippen LogP contribution >= 0.6 is 0 Å². The van der Waals surface area contributed by atoms with Crippen LogP contribution in [0.2, 0.25) is 0 Å². The van der Waals surface area contributed by atoms with Gasteiger partial charge >= 0.3 is 12.1 Å². The molecule has 13 nitrogen and oxygen atoms in total. The highest BCUT2D eigenvalue weighted by Crippen LogP contribution is 2.33. The van der Waals surface area contributed by atoms with E-state index in [1.807, 2.05) is 11.6 Å². The van der Waals surface area contributed by atoms with E-state index in [1.54, 1.807) is 45.0 Å². The molecule has 0 bridgehead atoms. The number of benzene rings is 2. The lowest BCUT2D eigenvalue weighted by Gasteiger charge is -2.28. The van der Waals surface area contributed by atoms with Crippen LogP contribution in [0.3, 0.4) is 0 Å². The Morgan fingerprint density at radius 1 is 1.11 bits per heavy atom. The van der Waals surface area contributed by atoms with Crippen molar-refractivity contribution in [3.63, 3.8) is 0 Å². The molecule has 1 amide bonds. The molecule has 1 N–H and O–H groups in total. The van der Waals surface area contributed by atoms with Crippen molar-refractivity contribution in [2.24, 2.45) is 16.6 Å². The van der Waals surface area contributed by atoms with Crippen molar-refractivity contribution < 1.29 is 45.7 Å². The number of esters is 1. The van der Waals surface area contributed by atoms with Crippen LogP contribution in [0.25, 0.3) is 16.9 Å². The number of rotatable bonds is 9. The molecule has 17 heteroatoms. The molecule has 1 fully saturated rings. The molecule has 0 aliphatic carbocycles. The molecule has 254 valence electrons. The fraction of sp³-hybridized carbons (Fsp3) is 0.433. The summed E-state index contributed by atoms with van der Waals surface area (Å²) in [6.07, 6.45) is -5.22. The van der Waals surface area contributed by atoms with E-state index in [-0.39, 0.29) is 40.8 Å². The van der Waals surface area contributed by atoms with Crippen LogP contribution in [-0.2, 0) is 35.4 Å². The second-order valence-electron chi connectivity index (χ2n) is 12.1. The lowest BCUT2D eigenvalue weighted by atomic mass is 9.97. The number of halogens is 3. The van der Waals surface area contributed by atoms with Crippen LogP contribution in [0.1, 0.15) is 51.8 Å². The first kappa shape index (κ1) is 35.2. The quantitative estimate of drug-likeness (QED) is 0.106. The first-order valence-electron chi connectivity index (χ1n) is 14.6. The largest absolute Gasteiger partial charge is 0.569 e. The van der Waals surface area contributed by atoms with Gasteiger partial charge in [0.15, 0.2) is 5.69 Å². The van der Waals surface area contributed by atoms with Crippen LogP contribution in [-0.4, -0.2) is 59.4 Å². The number of aromatic nitrogens is 2. The summed E-state index contributed by atoms with van der Waals surface area (Å²) in [4.78, 5) is 29.7. The number of sulfonamides is 1. The average molecular weight is 681 g/mol. The number of carbonyl (C=O) groups is 2. The number of piperidine rings is 1. The lowest BCUT2D eigenvalue weighted by Crippen LogP contribution is -2.46. The van der Waals surface area contributed by atoms with E-state index in [9.17, 15) is 36.4 Å². The lowest BCUT2D eigenvalue weighted by molar-refractivity contribution is -0.715. The maximum atomic E-state index is 13.5. The second kappa shape index (κ2) is 13.6. The molecule has 2 aromatic carbocycles. The number of hydrazine groups is 1. The van der Waals surface area contributed by atoms with E-state index in [2.05, 4.69) is 10.4 Å². The molecule has 47 heavy (non-hydrogen) atoms. The van der Waals surface area contributed by atoms with Gasteiger partial charge in [0.2, 0.25) is 11.2 Å². The molecule has 1 saturated heterocycles. The van der Waals surface area contributed by atoms with Gasteiger partial charge in [0.05, 0.1) is 45.7 Å². The van der Waals surface area contributed by atoms with Crippen molar-refractivity contribution in [2.45, 2.75) is 64.8 Å². The standard InChI is InChI=1S/C30H35F3N6O7S/c1-19-8-10-21(11-9-19)25-17-26(30(31,32)33)34-38(25)23-12-14-24(15-13-23)47(43,44)35-27(40)22-7-6-16-37(18-22)39(42)36-46-20(2)45-28(41)29(3,4)5/h8-15,17,20,22H,6-7,16,18H2,1-5H3,(H,35,40)/b39-36-. The van der Waals surface area contributed by atoms with E-state index in [4.69, 9.17) is 9.57 Å². The minimum Gasteiger partial charge on any atom is -0.569 e. The topological polar surface area (TPSA) is 158 Å². The van der Waals surface area contributed by atoms with Crippen LogP contribution in [0.15, 0.2) is 64.8 Å². The highest BCUT2D eigenvalue weighted by atomic mass is 32.2. The van der Waals surface area contributed by atoms with Crippen molar-refractivity contribution in [1.82, 2.24) is 19.5 Å². The minimum absolute atomic E-state index is 0.110. The Morgan fingerprint density at radius 3 is 2.34 bits per heavy atom. The van der Waals surface area contributed by atoms with Crippen molar-refractivity contribution in [2.75, 3.05) is 13.1 Å². The van der Waals surface area contributed by atoms with Crippen molar-refractivity contribution in [3.05, 3.63) is 71.1 Å². The summed E-state index contributed by atoms with van der Waals surface area (Å²) < 4.78 is 74.9. The summed E-state index contributed by atoms with van der Waals surface area (Å²) in [5.41, 5.74) is -0.225. The van der Waals surface area contributed by atoms with Gasteiger partial charge in [-0.3, -0.25) is 14.4 Å². The summed E-state index contributed by atoms with van der Waals surface area (Å²) in [6.45, 7) is 8.19. The Morgan fingerprint density at radius 2 is 1.74 bits per heavy atom. The predicted molar refractivity (Wildman–Crippen MR) is 161 cm³/mol. The number of nitrogens with zero attached hydrogens (tertiary/aromatic N) is 5. The van der Waals surface area contributed by atoms with Gasteiger partial charge in [-0.25, -0.2) is 17.8 Å². The molecule has 2 heterocycles. The fourth-order valence-corrected chi connectivity index (χ4v) is 5.57. The molecule has 0 spiro atoms. The number of amides is 1. The van der Waals surface area contributed by atoms with Gasteiger partial charge in [-0.2, -0.15) is 18.3 Å². The molecule has 2 atom stereocenters. The Balaban J connectivity index is 1.44. The number of ether oxygens (including phenoxy) is 1. The Kier molecular flexibility index (Phi) is 10.2. The van der Waals surface area contributed by atoms with E-state index in [1.165, 1.54) is 19.1 Å². The summed E-state index contributed by atoms with van der Waals surface area (Å²) in [5, 5.41) is 20.7. The Labute approximate surface area is 269 Å². The maximum Gasteiger partial charge on any atom is 0.435 e.